The SMILES string of the molecule is O=C(COc1cc(Cl)cc(Cl)c1Cl)NN=Cc1ccsc1. The summed E-state index contributed by atoms with van der Waals surface area (Å²) >= 11 is 19.2. The van der Waals surface area contributed by atoms with E-state index in [9.17, 15) is 4.79 Å². The molecule has 21 heavy (non-hydrogen) atoms. The number of nitrogens with one attached hydrogen (secondary N) is 1. The number of ether oxygens (including phenoxy) is 1. The fourth-order valence-electron chi connectivity index (χ4n) is 1.34. The number of hydrazone groups is 1. The van der Waals surface area contributed by atoms with Crippen molar-refractivity contribution in [2.75, 3.05) is 6.61 Å². The monoisotopic (exact) mass is 362 g/mol. The molecule has 0 saturated heterocycles. The first-order valence-corrected chi connectivity index (χ1v) is 7.75. The third kappa shape index (κ3) is 4.89. The number of benzene rings is 1. The van der Waals surface area contributed by atoms with Gasteiger partial charge in [0.25, 0.3) is 5.91 Å². The summed E-state index contributed by atoms with van der Waals surface area (Å²) in [6.45, 7) is -0.253. The summed E-state index contributed by atoms with van der Waals surface area (Å²) in [4.78, 5) is 11.6. The van der Waals surface area contributed by atoms with Crippen LogP contribution in [0, 0.1) is 0 Å². The maximum Gasteiger partial charge on any atom is 0.277 e. The van der Waals surface area contributed by atoms with Crippen LogP contribution in [0.2, 0.25) is 15.1 Å². The van der Waals surface area contributed by atoms with E-state index < -0.39 is 5.91 Å². The molecule has 0 spiro atoms. The molecule has 2 aromatic rings. The second-order valence-electron chi connectivity index (χ2n) is 3.84. The minimum atomic E-state index is -0.423. The second kappa shape index (κ2) is 7.66. The Kier molecular flexibility index (Phi) is 5.87. The molecule has 1 amide bonds. The molecular weight excluding hydrogens is 355 g/mol. The average Bonchev–Trinajstić information content (AvgIpc) is 2.94. The van der Waals surface area contributed by atoms with Crippen LogP contribution in [0.1, 0.15) is 5.56 Å². The average molecular weight is 364 g/mol. The van der Waals surface area contributed by atoms with Crippen molar-refractivity contribution < 1.29 is 9.53 Å². The van der Waals surface area contributed by atoms with Crippen molar-refractivity contribution in [3.05, 3.63) is 49.6 Å². The van der Waals surface area contributed by atoms with E-state index in [4.69, 9.17) is 39.5 Å². The van der Waals surface area contributed by atoms with Gasteiger partial charge in [-0.1, -0.05) is 34.8 Å². The van der Waals surface area contributed by atoms with Gasteiger partial charge in [0.2, 0.25) is 0 Å². The number of carbonyl (C=O) groups excluding carboxylic acids is 1. The van der Waals surface area contributed by atoms with E-state index in [0.29, 0.717) is 5.02 Å². The summed E-state index contributed by atoms with van der Waals surface area (Å²) in [5, 5.41) is 8.45. The minimum absolute atomic E-state index is 0.204. The predicted molar refractivity (Wildman–Crippen MR) is 87.0 cm³/mol. The molecule has 110 valence electrons. The number of hydrogen-bond donors (Lipinski definition) is 1. The Hall–Kier alpha value is -1.27. The number of halogens is 3. The van der Waals surface area contributed by atoms with Gasteiger partial charge in [0.1, 0.15) is 10.8 Å². The Morgan fingerprint density at radius 1 is 1.38 bits per heavy atom. The Labute approximate surface area is 140 Å². The minimum Gasteiger partial charge on any atom is -0.482 e. The molecule has 1 N–H and O–H groups in total. The van der Waals surface area contributed by atoms with Gasteiger partial charge in [-0.25, -0.2) is 5.43 Å². The third-order valence-electron chi connectivity index (χ3n) is 2.26. The number of rotatable bonds is 5. The predicted octanol–water partition coefficient (Wildman–Crippen LogP) is 4.24. The largest absolute Gasteiger partial charge is 0.482 e. The fourth-order valence-corrected chi connectivity index (χ4v) is 2.59. The van der Waals surface area contributed by atoms with Crippen molar-refractivity contribution in [2.24, 2.45) is 5.10 Å². The zero-order valence-corrected chi connectivity index (χ0v) is 13.6. The number of amides is 1. The Balaban J connectivity index is 1.87. The van der Waals surface area contributed by atoms with Crippen LogP contribution in [0.25, 0.3) is 0 Å². The first-order chi connectivity index (χ1) is 10.1. The second-order valence-corrected chi connectivity index (χ2v) is 5.84. The highest BCUT2D eigenvalue weighted by Crippen LogP contribution is 2.35. The highest BCUT2D eigenvalue weighted by atomic mass is 35.5. The third-order valence-corrected chi connectivity index (χ3v) is 3.97. The zero-order chi connectivity index (χ0) is 15.2. The maximum absolute atomic E-state index is 11.6. The topological polar surface area (TPSA) is 50.7 Å². The van der Waals surface area contributed by atoms with Gasteiger partial charge in [0.05, 0.1) is 11.2 Å². The molecule has 1 aromatic heterocycles. The van der Waals surface area contributed by atoms with E-state index >= 15 is 0 Å². The van der Waals surface area contributed by atoms with E-state index in [1.807, 2.05) is 16.8 Å². The van der Waals surface area contributed by atoms with Gasteiger partial charge in [-0.05, 0) is 22.9 Å². The molecule has 4 nitrogen and oxygen atoms in total. The van der Waals surface area contributed by atoms with E-state index in [1.165, 1.54) is 18.3 Å². The highest BCUT2D eigenvalue weighted by molar-refractivity contribution is 7.08. The number of nitrogens with zero attached hydrogens (tertiary/aromatic N) is 1. The normalized spacial score (nSPS) is 10.8. The van der Waals surface area contributed by atoms with Crippen LogP contribution in [0.5, 0.6) is 5.75 Å². The standard InChI is InChI=1S/C13H9Cl3N2O2S/c14-9-3-10(15)13(16)11(4-9)20-6-12(19)18-17-5-8-1-2-21-7-8/h1-5,7H,6H2,(H,18,19). The Bertz CT molecular complexity index is 660. The lowest BCUT2D eigenvalue weighted by atomic mass is 10.3. The molecular formula is C13H9Cl3N2O2S. The highest BCUT2D eigenvalue weighted by Gasteiger charge is 2.10. The molecule has 0 unspecified atom stereocenters. The molecule has 2 rings (SSSR count). The van der Waals surface area contributed by atoms with Gasteiger partial charge in [-0.3, -0.25) is 4.79 Å². The molecule has 0 aliphatic rings. The summed E-state index contributed by atoms with van der Waals surface area (Å²) in [5.41, 5.74) is 3.25. The van der Waals surface area contributed by atoms with Crippen LogP contribution in [-0.2, 0) is 4.79 Å². The van der Waals surface area contributed by atoms with Crippen molar-refractivity contribution >= 4 is 58.3 Å². The quantitative estimate of drug-likeness (QED) is 0.491. The van der Waals surface area contributed by atoms with Crippen molar-refractivity contribution in [2.45, 2.75) is 0 Å². The van der Waals surface area contributed by atoms with Crippen LogP contribution >= 0.6 is 46.1 Å². The van der Waals surface area contributed by atoms with Gasteiger partial charge in [0.15, 0.2) is 6.61 Å². The molecule has 1 aromatic carbocycles. The van der Waals surface area contributed by atoms with Crippen LogP contribution in [0.3, 0.4) is 0 Å². The number of thiophene rings is 1. The van der Waals surface area contributed by atoms with E-state index in [2.05, 4.69) is 10.5 Å². The van der Waals surface area contributed by atoms with E-state index in [1.54, 1.807) is 11.3 Å². The molecule has 0 fully saturated rings. The van der Waals surface area contributed by atoms with E-state index in [0.717, 1.165) is 5.56 Å². The fraction of sp³-hybridized carbons (Fsp3) is 0.0769. The molecule has 0 aliphatic heterocycles. The van der Waals surface area contributed by atoms with E-state index in [-0.39, 0.29) is 22.4 Å². The lowest BCUT2D eigenvalue weighted by Gasteiger charge is -2.08. The van der Waals surface area contributed by atoms with Crippen molar-refractivity contribution in [3.8, 4) is 5.75 Å². The van der Waals surface area contributed by atoms with Crippen LogP contribution in [0.4, 0.5) is 0 Å². The van der Waals surface area contributed by atoms with Crippen LogP contribution < -0.4 is 10.2 Å². The maximum atomic E-state index is 11.6. The number of hydrogen-bond acceptors (Lipinski definition) is 4. The van der Waals surface area contributed by atoms with Crippen molar-refractivity contribution in [1.29, 1.82) is 0 Å². The van der Waals surface area contributed by atoms with Gasteiger partial charge in [-0.15, -0.1) is 0 Å². The Morgan fingerprint density at radius 2 is 2.19 bits per heavy atom. The van der Waals surface area contributed by atoms with Gasteiger partial charge >= 0.3 is 0 Å². The summed E-state index contributed by atoms with van der Waals surface area (Å²) in [7, 11) is 0. The summed E-state index contributed by atoms with van der Waals surface area (Å²) in [5.74, 6) is -0.181. The van der Waals surface area contributed by atoms with Crippen molar-refractivity contribution in [3.63, 3.8) is 0 Å². The Morgan fingerprint density at radius 3 is 2.90 bits per heavy atom. The number of carbonyl (C=O) groups is 1. The molecule has 0 bridgehead atoms. The molecule has 8 heteroatoms. The van der Waals surface area contributed by atoms with Crippen LogP contribution in [-0.4, -0.2) is 18.7 Å². The zero-order valence-electron chi connectivity index (χ0n) is 10.5. The first-order valence-electron chi connectivity index (χ1n) is 5.67. The summed E-state index contributed by atoms with van der Waals surface area (Å²) in [6.07, 6.45) is 1.54. The van der Waals surface area contributed by atoms with Gasteiger partial charge in [-0.2, -0.15) is 16.4 Å². The van der Waals surface area contributed by atoms with Gasteiger partial charge < -0.3 is 4.74 Å². The van der Waals surface area contributed by atoms with Crippen molar-refractivity contribution in [1.82, 2.24) is 5.43 Å². The lowest BCUT2D eigenvalue weighted by Crippen LogP contribution is -2.24. The van der Waals surface area contributed by atoms with Crippen LogP contribution in [0.15, 0.2) is 34.1 Å². The first kappa shape index (κ1) is 16.1. The summed E-state index contributed by atoms with van der Waals surface area (Å²) in [6, 6.07) is 4.85. The molecule has 1 heterocycles. The van der Waals surface area contributed by atoms with Gasteiger partial charge in [0, 0.05) is 16.7 Å². The molecule has 0 aliphatic carbocycles. The molecule has 0 atom stereocenters. The lowest BCUT2D eigenvalue weighted by molar-refractivity contribution is -0.123. The smallest absolute Gasteiger partial charge is 0.277 e. The molecule has 0 saturated carbocycles. The molecule has 0 radical (unpaired) electrons. The summed E-state index contributed by atoms with van der Waals surface area (Å²) < 4.78 is 5.26.